The van der Waals surface area contributed by atoms with Crippen molar-refractivity contribution in [1.82, 2.24) is 10.2 Å². The van der Waals surface area contributed by atoms with E-state index in [0.29, 0.717) is 10.6 Å². The Kier molecular flexibility index (Phi) is 4.12. The molecule has 1 atom stereocenters. The minimum Gasteiger partial charge on any atom is -0.450 e. The van der Waals surface area contributed by atoms with Crippen LogP contribution in [0, 0.1) is 10.1 Å². The van der Waals surface area contributed by atoms with E-state index in [4.69, 9.17) is 16.0 Å². The van der Waals surface area contributed by atoms with E-state index >= 15 is 0 Å². The van der Waals surface area contributed by atoms with Gasteiger partial charge in [-0.3, -0.25) is 24.6 Å². The SMILES string of the molecule is O=C1c2oc3ccc(Cl)cc3c(=O)c2[C@H](c2ccc([N+](=O)[O-])cc2)N1c1nncs1. The number of hydrogen-bond donors (Lipinski definition) is 0. The van der Waals surface area contributed by atoms with Gasteiger partial charge in [0.05, 0.1) is 21.9 Å². The molecule has 0 aliphatic carbocycles. The first-order valence-electron chi connectivity index (χ1n) is 8.56. The first kappa shape index (κ1) is 18.4. The maximum Gasteiger partial charge on any atom is 0.297 e. The number of nitro benzene ring substituents is 1. The number of amides is 1. The second kappa shape index (κ2) is 6.71. The highest BCUT2D eigenvalue weighted by atomic mass is 35.5. The fourth-order valence-corrected chi connectivity index (χ4v) is 4.27. The average molecular weight is 441 g/mol. The Morgan fingerprint density at radius 1 is 1.17 bits per heavy atom. The summed E-state index contributed by atoms with van der Waals surface area (Å²) >= 11 is 7.17. The Morgan fingerprint density at radius 3 is 2.60 bits per heavy atom. The predicted octanol–water partition coefficient (Wildman–Crippen LogP) is 3.96. The molecule has 0 saturated carbocycles. The lowest BCUT2D eigenvalue weighted by molar-refractivity contribution is -0.384. The van der Waals surface area contributed by atoms with Crippen LogP contribution in [-0.2, 0) is 0 Å². The van der Waals surface area contributed by atoms with Gasteiger partial charge in [-0.25, -0.2) is 0 Å². The lowest BCUT2D eigenvalue weighted by Crippen LogP contribution is -2.29. The van der Waals surface area contributed by atoms with Gasteiger partial charge in [0.2, 0.25) is 10.9 Å². The first-order chi connectivity index (χ1) is 14.5. The normalized spacial score (nSPS) is 15.6. The van der Waals surface area contributed by atoms with E-state index in [1.807, 2.05) is 0 Å². The van der Waals surface area contributed by atoms with Crippen LogP contribution in [-0.4, -0.2) is 21.0 Å². The molecule has 5 rings (SSSR count). The zero-order valence-electron chi connectivity index (χ0n) is 14.8. The number of non-ortho nitro benzene ring substituents is 1. The van der Waals surface area contributed by atoms with Crippen LogP contribution in [0.4, 0.5) is 10.8 Å². The molecular weight excluding hydrogens is 432 g/mol. The molecule has 0 bridgehead atoms. The fourth-order valence-electron chi connectivity index (χ4n) is 3.51. The summed E-state index contributed by atoms with van der Waals surface area (Å²) in [7, 11) is 0. The van der Waals surface area contributed by atoms with Gasteiger partial charge < -0.3 is 4.42 Å². The summed E-state index contributed by atoms with van der Waals surface area (Å²) < 4.78 is 5.79. The van der Waals surface area contributed by atoms with E-state index in [-0.39, 0.29) is 33.1 Å². The van der Waals surface area contributed by atoms with Crippen molar-refractivity contribution in [3.05, 3.63) is 90.2 Å². The third-order valence-corrected chi connectivity index (χ3v) is 5.73. The molecule has 1 aliphatic rings. The van der Waals surface area contributed by atoms with Crippen LogP contribution >= 0.6 is 22.9 Å². The monoisotopic (exact) mass is 440 g/mol. The summed E-state index contributed by atoms with van der Waals surface area (Å²) in [6.45, 7) is 0. The fraction of sp³-hybridized carbons (Fsp3) is 0.0526. The van der Waals surface area contributed by atoms with E-state index in [1.165, 1.54) is 46.8 Å². The smallest absolute Gasteiger partial charge is 0.297 e. The van der Waals surface area contributed by atoms with Crippen LogP contribution in [0.2, 0.25) is 5.02 Å². The third kappa shape index (κ3) is 2.69. The lowest BCUT2D eigenvalue weighted by Gasteiger charge is -2.21. The number of hydrogen-bond acceptors (Lipinski definition) is 8. The van der Waals surface area contributed by atoms with Crippen molar-refractivity contribution in [2.45, 2.75) is 6.04 Å². The van der Waals surface area contributed by atoms with Gasteiger partial charge in [-0.15, -0.1) is 10.2 Å². The number of nitrogens with zero attached hydrogens (tertiary/aromatic N) is 4. The maximum absolute atomic E-state index is 13.4. The number of nitro groups is 1. The average Bonchev–Trinajstić information content (AvgIpc) is 3.35. The molecule has 148 valence electrons. The number of benzene rings is 2. The van der Waals surface area contributed by atoms with Crippen molar-refractivity contribution in [3.8, 4) is 0 Å². The molecule has 1 aliphatic heterocycles. The Hall–Kier alpha value is -3.63. The molecule has 0 fully saturated rings. The molecule has 0 N–H and O–H groups in total. The van der Waals surface area contributed by atoms with Gasteiger partial charge in [-0.1, -0.05) is 22.9 Å². The lowest BCUT2D eigenvalue weighted by atomic mass is 9.98. The maximum atomic E-state index is 13.4. The van der Waals surface area contributed by atoms with Crippen LogP contribution < -0.4 is 10.3 Å². The van der Waals surface area contributed by atoms with Crippen molar-refractivity contribution < 1.29 is 14.1 Å². The number of aromatic nitrogens is 2. The highest BCUT2D eigenvalue weighted by Gasteiger charge is 2.45. The van der Waals surface area contributed by atoms with Gasteiger partial charge >= 0.3 is 0 Å². The van der Waals surface area contributed by atoms with Crippen LogP contribution in [0.15, 0.2) is 57.2 Å². The molecule has 1 amide bonds. The van der Waals surface area contributed by atoms with Crippen molar-refractivity contribution in [2.75, 3.05) is 4.90 Å². The molecule has 2 aromatic carbocycles. The molecule has 9 nitrogen and oxygen atoms in total. The molecule has 2 aromatic heterocycles. The number of rotatable bonds is 3. The summed E-state index contributed by atoms with van der Waals surface area (Å²) in [5.74, 6) is -0.646. The van der Waals surface area contributed by atoms with E-state index in [2.05, 4.69) is 10.2 Å². The number of fused-ring (bicyclic) bond motifs is 2. The van der Waals surface area contributed by atoms with Gasteiger partial charge in [0, 0.05) is 17.2 Å². The van der Waals surface area contributed by atoms with Crippen molar-refractivity contribution in [1.29, 1.82) is 0 Å². The van der Waals surface area contributed by atoms with E-state index in [0.717, 1.165) is 11.3 Å². The number of carbonyl (C=O) groups is 1. The van der Waals surface area contributed by atoms with Gasteiger partial charge in [0.1, 0.15) is 11.1 Å². The molecule has 0 saturated heterocycles. The number of carbonyl (C=O) groups excluding carboxylic acids is 1. The van der Waals surface area contributed by atoms with Gasteiger partial charge in [0.15, 0.2) is 5.43 Å². The third-order valence-electron chi connectivity index (χ3n) is 4.81. The highest BCUT2D eigenvalue weighted by molar-refractivity contribution is 7.13. The molecule has 0 unspecified atom stereocenters. The van der Waals surface area contributed by atoms with Gasteiger partial charge in [-0.2, -0.15) is 0 Å². The van der Waals surface area contributed by atoms with Crippen LogP contribution in [0.5, 0.6) is 0 Å². The second-order valence-corrected chi connectivity index (χ2v) is 7.71. The number of halogens is 1. The molecular formula is C19H9ClN4O5S. The van der Waals surface area contributed by atoms with Crippen molar-refractivity contribution >= 4 is 50.6 Å². The topological polar surface area (TPSA) is 119 Å². The predicted molar refractivity (Wildman–Crippen MR) is 109 cm³/mol. The zero-order valence-corrected chi connectivity index (χ0v) is 16.4. The number of anilines is 1. The quantitative estimate of drug-likeness (QED) is 0.349. The second-order valence-electron chi connectivity index (χ2n) is 6.46. The summed E-state index contributed by atoms with van der Waals surface area (Å²) in [6, 6.07) is 9.33. The molecule has 11 heteroatoms. The van der Waals surface area contributed by atoms with Gasteiger partial charge in [0.25, 0.3) is 11.6 Å². The minimum atomic E-state index is -0.874. The summed E-state index contributed by atoms with van der Waals surface area (Å²) in [4.78, 5) is 38.4. The summed E-state index contributed by atoms with van der Waals surface area (Å²) in [6.07, 6.45) is 0. The van der Waals surface area contributed by atoms with E-state index in [1.54, 1.807) is 6.07 Å². The minimum absolute atomic E-state index is 0.103. The Labute approximate surface area is 176 Å². The molecule has 30 heavy (non-hydrogen) atoms. The van der Waals surface area contributed by atoms with Crippen LogP contribution in [0.3, 0.4) is 0 Å². The first-order valence-corrected chi connectivity index (χ1v) is 9.82. The zero-order chi connectivity index (χ0) is 21.0. The van der Waals surface area contributed by atoms with Gasteiger partial charge in [-0.05, 0) is 35.9 Å². The molecule has 0 radical (unpaired) electrons. The van der Waals surface area contributed by atoms with E-state index < -0.39 is 22.3 Å². The Balaban J connectivity index is 1.79. The molecule has 4 aromatic rings. The summed E-state index contributed by atoms with van der Waals surface area (Å²) in [5, 5.41) is 19.6. The Morgan fingerprint density at radius 2 is 1.93 bits per heavy atom. The Bertz CT molecular complexity index is 1380. The van der Waals surface area contributed by atoms with Crippen molar-refractivity contribution in [2.24, 2.45) is 0 Å². The standard InChI is InChI=1S/C19H9ClN4O5S/c20-10-3-6-13-12(7-10)16(25)14-15(9-1-4-11(5-2-9)24(27)28)23(18(26)17(14)29-13)19-22-21-8-30-19/h1-8,15H/t15-/m0/s1. The largest absolute Gasteiger partial charge is 0.450 e. The molecule has 3 heterocycles. The van der Waals surface area contributed by atoms with Crippen molar-refractivity contribution in [3.63, 3.8) is 0 Å². The van der Waals surface area contributed by atoms with E-state index in [9.17, 15) is 19.7 Å². The van der Waals surface area contributed by atoms with Crippen LogP contribution in [0.1, 0.15) is 27.7 Å². The molecule has 0 spiro atoms. The highest BCUT2D eigenvalue weighted by Crippen LogP contribution is 2.41. The summed E-state index contributed by atoms with van der Waals surface area (Å²) in [5.41, 5.74) is 1.80. The van der Waals surface area contributed by atoms with Crippen LogP contribution in [0.25, 0.3) is 11.0 Å².